The van der Waals surface area contributed by atoms with Crippen LogP contribution in [0.5, 0.6) is 0 Å². The Morgan fingerprint density at radius 3 is 2.95 bits per heavy atom. The number of anilines is 1. The van der Waals surface area contributed by atoms with E-state index < -0.39 is 11.9 Å². The van der Waals surface area contributed by atoms with Crippen molar-refractivity contribution in [2.24, 2.45) is 0 Å². The highest BCUT2D eigenvalue weighted by Crippen LogP contribution is 2.27. The minimum absolute atomic E-state index is 0.0200. The molecule has 3 rings (SSSR count). The van der Waals surface area contributed by atoms with Gasteiger partial charge in [-0.15, -0.1) is 0 Å². The van der Waals surface area contributed by atoms with E-state index in [-0.39, 0.29) is 12.0 Å². The third-order valence-corrected chi connectivity index (χ3v) is 3.08. The second-order valence-electron chi connectivity index (χ2n) is 4.50. The van der Waals surface area contributed by atoms with Gasteiger partial charge in [0.05, 0.1) is 6.54 Å². The summed E-state index contributed by atoms with van der Waals surface area (Å²) in [5.41, 5.74) is -0.952. The number of aromatic nitrogens is 5. The van der Waals surface area contributed by atoms with Crippen LogP contribution in [0.1, 0.15) is 17.9 Å². The summed E-state index contributed by atoms with van der Waals surface area (Å²) in [4.78, 5) is 11.4. The third-order valence-electron chi connectivity index (χ3n) is 3.08. The Kier molecular flexibility index (Phi) is 3.03. The van der Waals surface area contributed by atoms with Crippen molar-refractivity contribution in [2.45, 2.75) is 31.6 Å². The van der Waals surface area contributed by atoms with Gasteiger partial charge in [0.2, 0.25) is 5.95 Å². The van der Waals surface area contributed by atoms with E-state index in [4.69, 9.17) is 0 Å². The molecule has 0 saturated carbocycles. The molecule has 1 aliphatic rings. The monoisotopic (exact) mass is 284 g/mol. The smallest absolute Gasteiger partial charge is 0.350 e. The van der Waals surface area contributed by atoms with E-state index in [1.165, 1.54) is 6.33 Å². The lowest BCUT2D eigenvalue weighted by atomic mass is 10.1. The molecule has 20 heavy (non-hydrogen) atoms. The first-order chi connectivity index (χ1) is 9.52. The largest absolute Gasteiger partial charge is 0.433 e. The number of fused-ring (bicyclic) bond motifs is 1. The number of hydrogen-bond donors (Lipinski definition) is 1. The fraction of sp³-hybridized carbons (Fsp3) is 0.455. The molecular formula is C11H11F3N6. The lowest BCUT2D eigenvalue weighted by Gasteiger charge is -2.23. The zero-order valence-electron chi connectivity index (χ0n) is 10.3. The Bertz CT molecular complexity index is 608. The molecule has 6 nitrogen and oxygen atoms in total. The van der Waals surface area contributed by atoms with E-state index in [9.17, 15) is 13.2 Å². The van der Waals surface area contributed by atoms with Crippen LogP contribution in [-0.2, 0) is 19.1 Å². The summed E-state index contributed by atoms with van der Waals surface area (Å²) >= 11 is 0. The van der Waals surface area contributed by atoms with Crippen molar-refractivity contribution in [3.8, 4) is 0 Å². The van der Waals surface area contributed by atoms with Gasteiger partial charge in [0, 0.05) is 18.7 Å². The second kappa shape index (κ2) is 4.73. The maximum Gasteiger partial charge on any atom is 0.433 e. The molecule has 3 heterocycles. The lowest BCUT2D eigenvalue weighted by molar-refractivity contribution is -0.141. The van der Waals surface area contributed by atoms with Gasteiger partial charge in [0.15, 0.2) is 0 Å². The van der Waals surface area contributed by atoms with Crippen LogP contribution in [0.2, 0.25) is 0 Å². The molecule has 0 bridgehead atoms. The van der Waals surface area contributed by atoms with E-state index in [1.807, 2.05) is 0 Å². The lowest BCUT2D eigenvalue weighted by Crippen LogP contribution is -2.32. The van der Waals surface area contributed by atoms with Crippen LogP contribution in [0, 0.1) is 0 Å². The molecule has 9 heteroatoms. The minimum Gasteiger partial charge on any atom is -0.350 e. The number of alkyl halides is 3. The molecule has 0 fully saturated rings. The van der Waals surface area contributed by atoms with E-state index in [2.05, 4.69) is 25.4 Å². The van der Waals surface area contributed by atoms with Crippen LogP contribution >= 0.6 is 0 Å². The molecule has 106 valence electrons. The van der Waals surface area contributed by atoms with Gasteiger partial charge in [-0.3, -0.25) is 0 Å². The molecule has 0 spiro atoms. The Balaban J connectivity index is 1.73. The highest BCUT2D eigenvalue weighted by molar-refractivity contribution is 5.28. The van der Waals surface area contributed by atoms with Crippen LogP contribution < -0.4 is 5.32 Å². The first-order valence-corrected chi connectivity index (χ1v) is 6.06. The SMILES string of the molecule is FC(F)(F)c1ccnc(N[C@H]2CCc3ncnn3C2)n1. The zero-order valence-corrected chi connectivity index (χ0v) is 10.3. The molecule has 1 atom stereocenters. The van der Waals surface area contributed by atoms with E-state index in [0.717, 1.165) is 30.9 Å². The number of hydrogen-bond acceptors (Lipinski definition) is 5. The van der Waals surface area contributed by atoms with Crippen LogP contribution in [-0.4, -0.2) is 30.8 Å². The summed E-state index contributed by atoms with van der Waals surface area (Å²) in [7, 11) is 0. The predicted molar refractivity (Wildman–Crippen MR) is 62.8 cm³/mol. The van der Waals surface area contributed by atoms with Crippen molar-refractivity contribution >= 4 is 5.95 Å². The van der Waals surface area contributed by atoms with Crippen LogP contribution in [0.25, 0.3) is 0 Å². The van der Waals surface area contributed by atoms with Gasteiger partial charge in [-0.2, -0.15) is 18.3 Å². The normalized spacial score (nSPS) is 18.6. The molecule has 0 radical (unpaired) electrons. The quantitative estimate of drug-likeness (QED) is 0.905. The number of aryl methyl sites for hydroxylation is 1. The molecule has 2 aromatic rings. The number of rotatable bonds is 2. The summed E-state index contributed by atoms with van der Waals surface area (Å²) < 4.78 is 39.4. The zero-order chi connectivity index (χ0) is 14.2. The van der Waals surface area contributed by atoms with E-state index >= 15 is 0 Å². The van der Waals surface area contributed by atoms with Crippen LogP contribution in [0.3, 0.4) is 0 Å². The number of nitrogens with zero attached hydrogens (tertiary/aromatic N) is 5. The standard InChI is InChI=1S/C11H11F3N6/c12-11(13,14)8-3-4-15-10(19-8)18-7-1-2-9-16-6-17-20(9)5-7/h3-4,6-7H,1-2,5H2,(H,15,18,19)/t7-/m0/s1. The maximum absolute atomic E-state index is 12.6. The summed E-state index contributed by atoms with van der Waals surface area (Å²) in [5, 5.41) is 6.96. The van der Waals surface area contributed by atoms with Gasteiger partial charge < -0.3 is 5.32 Å². The maximum atomic E-state index is 12.6. The number of nitrogens with one attached hydrogen (secondary N) is 1. The van der Waals surface area contributed by atoms with Crippen LogP contribution in [0.15, 0.2) is 18.6 Å². The highest BCUT2D eigenvalue weighted by atomic mass is 19.4. The van der Waals surface area contributed by atoms with Crippen molar-refractivity contribution in [2.75, 3.05) is 5.32 Å². The van der Waals surface area contributed by atoms with Gasteiger partial charge in [0.1, 0.15) is 17.8 Å². The number of halogens is 3. The Labute approximate surface area is 112 Å². The Morgan fingerprint density at radius 2 is 2.15 bits per heavy atom. The first kappa shape index (κ1) is 12.8. The average Bonchev–Trinajstić information content (AvgIpc) is 2.85. The molecule has 2 aromatic heterocycles. The summed E-state index contributed by atoms with van der Waals surface area (Å²) in [6.07, 6.45) is -0.430. The molecule has 0 unspecified atom stereocenters. The summed E-state index contributed by atoms with van der Waals surface area (Å²) in [6.45, 7) is 0.537. The van der Waals surface area contributed by atoms with Crippen molar-refractivity contribution in [3.63, 3.8) is 0 Å². The Hall–Kier alpha value is -2.19. The van der Waals surface area contributed by atoms with Gasteiger partial charge in [-0.05, 0) is 12.5 Å². The second-order valence-corrected chi connectivity index (χ2v) is 4.50. The first-order valence-electron chi connectivity index (χ1n) is 6.06. The fourth-order valence-electron chi connectivity index (χ4n) is 2.12. The molecule has 1 N–H and O–H groups in total. The van der Waals surface area contributed by atoms with E-state index in [1.54, 1.807) is 4.68 Å². The molecule has 0 saturated heterocycles. The predicted octanol–water partition coefficient (Wildman–Crippen LogP) is 1.51. The molecule has 1 aliphatic heterocycles. The molecular weight excluding hydrogens is 273 g/mol. The minimum atomic E-state index is -4.47. The third kappa shape index (κ3) is 2.56. The summed E-state index contributed by atoms with van der Waals surface area (Å²) in [5.74, 6) is 0.862. The average molecular weight is 284 g/mol. The van der Waals surface area contributed by atoms with Gasteiger partial charge in [-0.25, -0.2) is 19.6 Å². The molecule has 0 aliphatic carbocycles. The van der Waals surface area contributed by atoms with Crippen molar-refractivity contribution < 1.29 is 13.2 Å². The Morgan fingerprint density at radius 1 is 1.30 bits per heavy atom. The molecule has 0 aromatic carbocycles. The van der Waals surface area contributed by atoms with Gasteiger partial charge in [0.25, 0.3) is 0 Å². The van der Waals surface area contributed by atoms with Crippen molar-refractivity contribution in [3.05, 3.63) is 30.1 Å². The fourth-order valence-corrected chi connectivity index (χ4v) is 2.12. The topological polar surface area (TPSA) is 68.5 Å². The van der Waals surface area contributed by atoms with Crippen molar-refractivity contribution in [1.29, 1.82) is 0 Å². The van der Waals surface area contributed by atoms with Gasteiger partial charge in [-0.1, -0.05) is 0 Å². The van der Waals surface area contributed by atoms with E-state index in [0.29, 0.717) is 6.54 Å². The molecule has 0 amide bonds. The summed E-state index contributed by atoms with van der Waals surface area (Å²) in [6, 6.07) is 0.786. The van der Waals surface area contributed by atoms with Crippen molar-refractivity contribution in [1.82, 2.24) is 24.7 Å². The van der Waals surface area contributed by atoms with Gasteiger partial charge >= 0.3 is 6.18 Å². The van der Waals surface area contributed by atoms with Crippen LogP contribution in [0.4, 0.5) is 19.1 Å². The highest BCUT2D eigenvalue weighted by Gasteiger charge is 2.33.